The lowest BCUT2D eigenvalue weighted by Crippen LogP contribution is -2.15. The zero-order chi connectivity index (χ0) is 8.10. The monoisotopic (exact) mass is 218 g/mol. The van der Waals surface area contributed by atoms with Gasteiger partial charge in [-0.15, -0.1) is 0 Å². The molecule has 0 aromatic carbocycles. The molecule has 0 N–H and O–H groups in total. The number of alkyl halides is 1. The second-order valence-electron chi connectivity index (χ2n) is 3.78. The molecule has 0 amide bonds. The molecular weight excluding hydrogens is 200 g/mol. The van der Waals surface area contributed by atoms with Crippen LogP contribution in [0.4, 0.5) is 0 Å². The fourth-order valence-corrected chi connectivity index (χ4v) is 2.84. The van der Waals surface area contributed by atoms with Gasteiger partial charge < -0.3 is 0 Å². The summed E-state index contributed by atoms with van der Waals surface area (Å²) < 4.78 is 0. The van der Waals surface area contributed by atoms with Crippen molar-refractivity contribution >= 4 is 15.9 Å². The number of rotatable bonds is 3. The Morgan fingerprint density at radius 2 is 2.00 bits per heavy atom. The molecule has 1 aliphatic rings. The standard InChI is InChI=1S/C10H19Br/c1-2-9-4-3-5-10(8-9)6-7-11/h9-10H,2-8H2,1H3. The maximum atomic E-state index is 3.53. The van der Waals surface area contributed by atoms with Gasteiger partial charge in [0.1, 0.15) is 0 Å². The molecular formula is C10H19Br. The minimum Gasteiger partial charge on any atom is -0.0928 e. The summed E-state index contributed by atoms with van der Waals surface area (Å²) in [4.78, 5) is 0. The summed E-state index contributed by atoms with van der Waals surface area (Å²) in [6, 6.07) is 0. The van der Waals surface area contributed by atoms with Crippen molar-refractivity contribution in [1.29, 1.82) is 0 Å². The van der Waals surface area contributed by atoms with Crippen LogP contribution < -0.4 is 0 Å². The van der Waals surface area contributed by atoms with Gasteiger partial charge in [0, 0.05) is 5.33 Å². The van der Waals surface area contributed by atoms with Gasteiger partial charge in [0.15, 0.2) is 0 Å². The van der Waals surface area contributed by atoms with Gasteiger partial charge in [-0.25, -0.2) is 0 Å². The van der Waals surface area contributed by atoms with Crippen molar-refractivity contribution in [2.24, 2.45) is 11.8 Å². The topological polar surface area (TPSA) is 0 Å². The van der Waals surface area contributed by atoms with Crippen LogP contribution in [-0.2, 0) is 0 Å². The van der Waals surface area contributed by atoms with E-state index in [2.05, 4.69) is 22.9 Å². The van der Waals surface area contributed by atoms with Gasteiger partial charge in [-0.3, -0.25) is 0 Å². The largest absolute Gasteiger partial charge is 0.0928 e. The van der Waals surface area contributed by atoms with Crippen LogP contribution in [0, 0.1) is 11.8 Å². The first-order chi connectivity index (χ1) is 5.36. The molecule has 1 heteroatoms. The highest BCUT2D eigenvalue weighted by Crippen LogP contribution is 2.32. The van der Waals surface area contributed by atoms with E-state index in [0.29, 0.717) is 0 Å². The molecule has 0 nitrogen and oxygen atoms in total. The molecule has 1 fully saturated rings. The van der Waals surface area contributed by atoms with E-state index in [0.717, 1.165) is 11.8 Å². The molecule has 0 spiro atoms. The highest BCUT2D eigenvalue weighted by atomic mass is 79.9. The van der Waals surface area contributed by atoms with Crippen molar-refractivity contribution in [2.45, 2.75) is 45.4 Å². The van der Waals surface area contributed by atoms with Crippen LogP contribution in [0.2, 0.25) is 0 Å². The Labute approximate surface area is 78.9 Å². The van der Waals surface area contributed by atoms with Crippen LogP contribution in [0.25, 0.3) is 0 Å². The van der Waals surface area contributed by atoms with Crippen molar-refractivity contribution in [1.82, 2.24) is 0 Å². The zero-order valence-electron chi connectivity index (χ0n) is 7.48. The van der Waals surface area contributed by atoms with Crippen LogP contribution in [0.1, 0.15) is 45.4 Å². The molecule has 1 rings (SSSR count). The predicted molar refractivity (Wildman–Crippen MR) is 54.2 cm³/mol. The molecule has 2 atom stereocenters. The summed E-state index contributed by atoms with van der Waals surface area (Å²) in [6.45, 7) is 2.33. The molecule has 0 saturated heterocycles. The average molecular weight is 219 g/mol. The van der Waals surface area contributed by atoms with Gasteiger partial charge >= 0.3 is 0 Å². The molecule has 0 aromatic rings. The molecule has 66 valence electrons. The first-order valence-corrected chi connectivity index (χ1v) is 6.05. The second kappa shape index (κ2) is 5.18. The van der Waals surface area contributed by atoms with Gasteiger partial charge in [0.25, 0.3) is 0 Å². The van der Waals surface area contributed by atoms with E-state index in [4.69, 9.17) is 0 Å². The van der Waals surface area contributed by atoms with Gasteiger partial charge in [0.05, 0.1) is 0 Å². The Morgan fingerprint density at radius 3 is 2.64 bits per heavy atom. The van der Waals surface area contributed by atoms with Gasteiger partial charge in [0.2, 0.25) is 0 Å². The highest BCUT2D eigenvalue weighted by Gasteiger charge is 2.19. The van der Waals surface area contributed by atoms with Crippen LogP contribution >= 0.6 is 15.9 Å². The third-order valence-corrected chi connectivity index (χ3v) is 3.44. The van der Waals surface area contributed by atoms with E-state index in [1.54, 1.807) is 0 Å². The van der Waals surface area contributed by atoms with Gasteiger partial charge in [-0.1, -0.05) is 48.5 Å². The number of halogens is 1. The van der Waals surface area contributed by atoms with E-state index in [9.17, 15) is 0 Å². The Balaban J connectivity index is 2.21. The Kier molecular flexibility index (Phi) is 4.51. The molecule has 0 aromatic heterocycles. The molecule has 0 aliphatic heterocycles. The van der Waals surface area contributed by atoms with Crippen molar-refractivity contribution in [3.05, 3.63) is 0 Å². The van der Waals surface area contributed by atoms with E-state index >= 15 is 0 Å². The number of hydrogen-bond donors (Lipinski definition) is 0. The third-order valence-electron chi connectivity index (χ3n) is 2.99. The smallest absolute Gasteiger partial charge is 0.00339 e. The van der Waals surface area contributed by atoms with E-state index < -0.39 is 0 Å². The average Bonchev–Trinajstić information content (AvgIpc) is 2.06. The molecule has 1 saturated carbocycles. The summed E-state index contributed by atoms with van der Waals surface area (Å²) in [5, 5.41) is 1.20. The van der Waals surface area contributed by atoms with Crippen LogP contribution in [-0.4, -0.2) is 5.33 Å². The predicted octanol–water partition coefficient (Wildman–Crippen LogP) is 3.99. The van der Waals surface area contributed by atoms with E-state index in [-0.39, 0.29) is 0 Å². The second-order valence-corrected chi connectivity index (χ2v) is 4.58. The van der Waals surface area contributed by atoms with Crippen LogP contribution in [0.5, 0.6) is 0 Å². The normalized spacial score (nSPS) is 32.2. The summed E-state index contributed by atoms with van der Waals surface area (Å²) in [5.74, 6) is 2.08. The van der Waals surface area contributed by atoms with Crippen LogP contribution in [0.15, 0.2) is 0 Å². The Morgan fingerprint density at radius 1 is 1.27 bits per heavy atom. The maximum Gasteiger partial charge on any atom is 0.00339 e. The molecule has 1 aliphatic carbocycles. The lowest BCUT2D eigenvalue weighted by atomic mass is 9.79. The fraction of sp³-hybridized carbons (Fsp3) is 1.00. The highest BCUT2D eigenvalue weighted by molar-refractivity contribution is 9.09. The van der Waals surface area contributed by atoms with Crippen molar-refractivity contribution in [3.63, 3.8) is 0 Å². The zero-order valence-corrected chi connectivity index (χ0v) is 9.07. The molecule has 11 heavy (non-hydrogen) atoms. The minimum absolute atomic E-state index is 1.04. The first kappa shape index (κ1) is 9.57. The fourth-order valence-electron chi connectivity index (χ4n) is 2.19. The summed E-state index contributed by atoms with van der Waals surface area (Å²) in [5.41, 5.74) is 0. The summed E-state index contributed by atoms with van der Waals surface area (Å²) in [6.07, 6.45) is 8.77. The third kappa shape index (κ3) is 3.14. The SMILES string of the molecule is CCC1CCCC(CCBr)C1. The molecule has 0 heterocycles. The van der Waals surface area contributed by atoms with E-state index in [1.165, 1.54) is 43.9 Å². The molecule has 0 bridgehead atoms. The Bertz CT molecular complexity index is 99.0. The van der Waals surface area contributed by atoms with Crippen molar-refractivity contribution < 1.29 is 0 Å². The Hall–Kier alpha value is 0.480. The maximum absolute atomic E-state index is 3.53. The summed E-state index contributed by atoms with van der Waals surface area (Å²) in [7, 11) is 0. The van der Waals surface area contributed by atoms with Crippen molar-refractivity contribution in [2.75, 3.05) is 5.33 Å². The molecule has 0 radical (unpaired) electrons. The quantitative estimate of drug-likeness (QED) is 0.629. The van der Waals surface area contributed by atoms with E-state index in [1.807, 2.05) is 0 Å². The van der Waals surface area contributed by atoms with Gasteiger partial charge in [-0.2, -0.15) is 0 Å². The first-order valence-electron chi connectivity index (χ1n) is 4.92. The number of hydrogen-bond acceptors (Lipinski definition) is 0. The summed E-state index contributed by atoms with van der Waals surface area (Å²) >= 11 is 3.53. The lowest BCUT2D eigenvalue weighted by Gasteiger charge is -2.27. The van der Waals surface area contributed by atoms with Gasteiger partial charge in [-0.05, 0) is 24.7 Å². The lowest BCUT2D eigenvalue weighted by molar-refractivity contribution is 0.257. The van der Waals surface area contributed by atoms with Crippen LogP contribution in [0.3, 0.4) is 0 Å². The minimum atomic E-state index is 1.04. The molecule has 2 unspecified atom stereocenters. The van der Waals surface area contributed by atoms with Crippen molar-refractivity contribution in [3.8, 4) is 0 Å².